The van der Waals surface area contributed by atoms with E-state index in [1.807, 2.05) is 6.92 Å². The van der Waals surface area contributed by atoms with Crippen LogP contribution in [0, 0.1) is 0 Å². The first-order valence-corrected chi connectivity index (χ1v) is 9.63. The van der Waals surface area contributed by atoms with E-state index in [1.54, 1.807) is 19.2 Å². The molecule has 9 heteroatoms. The van der Waals surface area contributed by atoms with E-state index in [0.717, 1.165) is 0 Å². The molecule has 0 saturated carbocycles. The Morgan fingerprint density at radius 3 is 2.78 bits per heavy atom. The van der Waals surface area contributed by atoms with Crippen LogP contribution in [0.2, 0.25) is 5.02 Å². The minimum atomic E-state index is -2.95. The molecule has 2 N–H and O–H groups in total. The van der Waals surface area contributed by atoms with E-state index in [2.05, 4.69) is 20.6 Å². The normalized spacial score (nSPS) is 13.5. The molecule has 1 rings (SSSR count). The lowest BCUT2D eigenvalue weighted by Gasteiger charge is -2.17. The molecule has 0 saturated heterocycles. The van der Waals surface area contributed by atoms with Crippen molar-refractivity contribution in [1.29, 1.82) is 0 Å². The Kier molecular flexibility index (Phi) is 8.11. The van der Waals surface area contributed by atoms with Crippen LogP contribution < -0.4 is 15.4 Å². The van der Waals surface area contributed by atoms with Gasteiger partial charge in [-0.05, 0) is 19.4 Å². The molecule has 0 aromatic carbocycles. The molecule has 130 valence electrons. The maximum atomic E-state index is 11.2. The van der Waals surface area contributed by atoms with Gasteiger partial charge in [0.25, 0.3) is 0 Å². The van der Waals surface area contributed by atoms with Crippen molar-refractivity contribution in [2.75, 3.05) is 32.2 Å². The van der Waals surface area contributed by atoms with Crippen LogP contribution in [-0.4, -0.2) is 57.6 Å². The summed E-state index contributed by atoms with van der Waals surface area (Å²) < 4.78 is 27.8. The molecular weight excluding hydrogens is 340 g/mol. The molecule has 0 fully saturated rings. The molecule has 0 radical (unpaired) electrons. The van der Waals surface area contributed by atoms with Gasteiger partial charge < -0.3 is 15.4 Å². The lowest BCUT2D eigenvalue weighted by Crippen LogP contribution is -2.44. The molecule has 1 aromatic heterocycles. The summed E-state index contributed by atoms with van der Waals surface area (Å²) in [5.41, 5.74) is 0. The van der Waals surface area contributed by atoms with E-state index >= 15 is 0 Å². The number of ether oxygens (including phenoxy) is 1. The van der Waals surface area contributed by atoms with Gasteiger partial charge in [0.1, 0.15) is 16.4 Å². The van der Waals surface area contributed by atoms with E-state index in [1.165, 1.54) is 12.5 Å². The largest absolute Gasteiger partial charge is 0.476 e. The molecule has 0 aliphatic carbocycles. The lowest BCUT2D eigenvalue weighted by molar-refractivity contribution is 0.309. The average molecular weight is 363 g/mol. The molecule has 1 aromatic rings. The van der Waals surface area contributed by atoms with E-state index in [4.69, 9.17) is 16.3 Å². The van der Waals surface area contributed by atoms with Gasteiger partial charge in [-0.1, -0.05) is 11.6 Å². The summed E-state index contributed by atoms with van der Waals surface area (Å²) in [7, 11) is -1.30. The van der Waals surface area contributed by atoms with Crippen molar-refractivity contribution in [3.8, 4) is 5.88 Å². The molecule has 1 heterocycles. The number of nitrogens with one attached hydrogen (secondary N) is 2. The number of aromatic nitrogens is 1. The fourth-order valence-electron chi connectivity index (χ4n) is 1.66. The molecule has 0 bridgehead atoms. The maximum absolute atomic E-state index is 11.2. The first-order valence-electron chi connectivity index (χ1n) is 7.19. The fraction of sp³-hybridized carbons (Fsp3) is 0.571. The van der Waals surface area contributed by atoms with Crippen LogP contribution in [-0.2, 0) is 9.84 Å². The summed E-state index contributed by atoms with van der Waals surface area (Å²) >= 11 is 5.74. The molecule has 1 unspecified atom stereocenters. The second kappa shape index (κ2) is 9.57. The number of rotatable bonds is 8. The molecule has 0 aliphatic rings. The van der Waals surface area contributed by atoms with Crippen molar-refractivity contribution >= 4 is 27.4 Å². The molecular formula is C14H23ClN4O3S. The van der Waals surface area contributed by atoms with Crippen LogP contribution in [0.15, 0.2) is 23.3 Å². The quantitative estimate of drug-likeness (QED) is 0.408. The van der Waals surface area contributed by atoms with Gasteiger partial charge in [0.05, 0.1) is 17.3 Å². The molecule has 0 amide bonds. The summed E-state index contributed by atoms with van der Waals surface area (Å²) in [4.78, 5) is 8.11. The van der Waals surface area contributed by atoms with Gasteiger partial charge >= 0.3 is 0 Å². The van der Waals surface area contributed by atoms with Crippen molar-refractivity contribution in [2.24, 2.45) is 4.99 Å². The predicted octanol–water partition coefficient (Wildman–Crippen LogP) is 1.10. The second-order valence-electron chi connectivity index (χ2n) is 5.13. The van der Waals surface area contributed by atoms with Gasteiger partial charge in [0.15, 0.2) is 5.96 Å². The van der Waals surface area contributed by atoms with Crippen LogP contribution in [0.4, 0.5) is 0 Å². The minimum absolute atomic E-state index is 0.00484. The third-order valence-corrected chi connectivity index (χ3v) is 4.07. The van der Waals surface area contributed by atoms with Gasteiger partial charge in [-0.3, -0.25) is 4.99 Å². The Bertz CT molecular complexity index is 605. The molecule has 0 aliphatic heterocycles. The number of hydrogen-bond donors (Lipinski definition) is 2. The molecule has 7 nitrogen and oxygen atoms in total. The summed E-state index contributed by atoms with van der Waals surface area (Å²) in [6, 6.07) is 3.40. The zero-order chi connectivity index (χ0) is 17.3. The minimum Gasteiger partial charge on any atom is -0.476 e. The first kappa shape index (κ1) is 19.5. The number of nitrogens with zero attached hydrogens (tertiary/aromatic N) is 2. The van der Waals surface area contributed by atoms with E-state index in [9.17, 15) is 8.42 Å². The highest BCUT2D eigenvalue weighted by molar-refractivity contribution is 7.90. The van der Waals surface area contributed by atoms with E-state index in [-0.39, 0.29) is 11.8 Å². The molecule has 0 spiro atoms. The van der Waals surface area contributed by atoms with Crippen LogP contribution in [0.5, 0.6) is 5.88 Å². The summed E-state index contributed by atoms with van der Waals surface area (Å²) in [6.07, 6.45) is 3.27. The average Bonchev–Trinajstić information content (AvgIpc) is 2.49. The summed E-state index contributed by atoms with van der Waals surface area (Å²) in [5, 5.41) is 6.78. The fourth-order valence-corrected chi connectivity index (χ4v) is 2.56. The first-order chi connectivity index (χ1) is 10.8. The van der Waals surface area contributed by atoms with Crippen molar-refractivity contribution < 1.29 is 13.2 Å². The van der Waals surface area contributed by atoms with Crippen molar-refractivity contribution in [2.45, 2.75) is 19.4 Å². The Hall–Kier alpha value is -1.54. The van der Waals surface area contributed by atoms with Crippen molar-refractivity contribution in [3.63, 3.8) is 0 Å². The zero-order valence-corrected chi connectivity index (χ0v) is 15.1. The summed E-state index contributed by atoms with van der Waals surface area (Å²) in [6.45, 7) is 2.85. The highest BCUT2D eigenvalue weighted by Crippen LogP contribution is 2.10. The number of sulfone groups is 1. The Morgan fingerprint density at radius 1 is 1.48 bits per heavy atom. The SMILES string of the molecule is CN=C(NCCOc1ccc(Cl)cn1)NC(C)CCS(C)(=O)=O. The second-order valence-corrected chi connectivity index (χ2v) is 7.82. The third-order valence-electron chi connectivity index (χ3n) is 2.87. The van der Waals surface area contributed by atoms with E-state index in [0.29, 0.717) is 36.4 Å². The van der Waals surface area contributed by atoms with Gasteiger partial charge in [0, 0.05) is 31.6 Å². The Morgan fingerprint density at radius 2 is 2.22 bits per heavy atom. The van der Waals surface area contributed by atoms with Crippen LogP contribution in [0.3, 0.4) is 0 Å². The van der Waals surface area contributed by atoms with Gasteiger partial charge in [-0.25, -0.2) is 13.4 Å². The smallest absolute Gasteiger partial charge is 0.213 e. The van der Waals surface area contributed by atoms with Crippen LogP contribution in [0.25, 0.3) is 0 Å². The predicted molar refractivity (Wildman–Crippen MR) is 93.0 cm³/mol. The van der Waals surface area contributed by atoms with Crippen LogP contribution in [0.1, 0.15) is 13.3 Å². The third kappa shape index (κ3) is 9.25. The maximum Gasteiger partial charge on any atom is 0.213 e. The highest BCUT2D eigenvalue weighted by Gasteiger charge is 2.09. The van der Waals surface area contributed by atoms with E-state index < -0.39 is 9.84 Å². The van der Waals surface area contributed by atoms with Gasteiger partial charge in [0.2, 0.25) is 5.88 Å². The van der Waals surface area contributed by atoms with Gasteiger partial charge in [-0.15, -0.1) is 0 Å². The number of halogens is 1. The Labute approximate surface area is 142 Å². The monoisotopic (exact) mass is 362 g/mol. The Balaban J connectivity index is 2.27. The number of aliphatic imine (C=N–C) groups is 1. The highest BCUT2D eigenvalue weighted by atomic mass is 35.5. The van der Waals surface area contributed by atoms with Crippen molar-refractivity contribution in [1.82, 2.24) is 15.6 Å². The number of hydrogen-bond acceptors (Lipinski definition) is 5. The van der Waals surface area contributed by atoms with Crippen molar-refractivity contribution in [3.05, 3.63) is 23.4 Å². The van der Waals surface area contributed by atoms with Gasteiger partial charge in [-0.2, -0.15) is 0 Å². The van der Waals surface area contributed by atoms with Crippen LogP contribution >= 0.6 is 11.6 Å². The number of pyridine rings is 1. The standard InChI is InChI=1S/C14H23ClN4O3S/c1-11(6-9-23(3,20)21)19-14(16-2)17-7-8-22-13-5-4-12(15)10-18-13/h4-5,10-11H,6-9H2,1-3H3,(H2,16,17,19). The zero-order valence-electron chi connectivity index (χ0n) is 13.5. The topological polar surface area (TPSA) is 92.7 Å². The lowest BCUT2D eigenvalue weighted by atomic mass is 10.3. The molecule has 1 atom stereocenters. The molecule has 23 heavy (non-hydrogen) atoms. The number of guanidine groups is 1. The summed E-state index contributed by atoms with van der Waals surface area (Å²) in [5.74, 6) is 1.24.